The fraction of sp³-hybridized carbons (Fsp3) is 0.571. The van der Waals surface area contributed by atoms with Gasteiger partial charge in [-0.2, -0.15) is 8.78 Å². The van der Waals surface area contributed by atoms with Crippen molar-refractivity contribution < 1.29 is 13.5 Å². The Morgan fingerprint density at radius 1 is 1.42 bits per heavy atom. The highest BCUT2D eigenvalue weighted by molar-refractivity contribution is 5.59. The van der Waals surface area contributed by atoms with Gasteiger partial charge in [0.25, 0.3) is 0 Å². The molecule has 19 heavy (non-hydrogen) atoms. The lowest BCUT2D eigenvalue weighted by Gasteiger charge is -2.21. The number of halogens is 2. The lowest BCUT2D eigenvalue weighted by molar-refractivity contribution is -0.0495. The van der Waals surface area contributed by atoms with Gasteiger partial charge in [-0.15, -0.1) is 0 Å². The summed E-state index contributed by atoms with van der Waals surface area (Å²) in [5, 5.41) is 3.33. The van der Waals surface area contributed by atoms with Crippen molar-refractivity contribution in [1.29, 1.82) is 0 Å². The standard InChI is InChI=1S/C14H20F2N2O/c1-2-17-9-11-7-8-18(10-11)12-5-3-4-6-13(12)19-14(15)16/h3-6,11,14,17H,2,7-10H2,1H3. The molecular weight excluding hydrogens is 250 g/mol. The molecule has 0 saturated carbocycles. The minimum absolute atomic E-state index is 0.265. The first-order valence-electron chi connectivity index (χ1n) is 6.70. The van der Waals surface area contributed by atoms with E-state index in [1.807, 2.05) is 12.1 Å². The van der Waals surface area contributed by atoms with E-state index in [2.05, 4.69) is 21.9 Å². The zero-order valence-corrected chi connectivity index (χ0v) is 11.1. The van der Waals surface area contributed by atoms with Crippen molar-refractivity contribution in [3.63, 3.8) is 0 Å². The normalized spacial score (nSPS) is 19.2. The minimum Gasteiger partial charge on any atom is -0.433 e. The summed E-state index contributed by atoms with van der Waals surface area (Å²) < 4.78 is 29.3. The molecule has 0 bridgehead atoms. The number of rotatable bonds is 6. The summed E-state index contributed by atoms with van der Waals surface area (Å²) in [6.45, 7) is 3.02. The molecule has 1 atom stereocenters. The van der Waals surface area contributed by atoms with Gasteiger partial charge in [-0.3, -0.25) is 0 Å². The Hall–Kier alpha value is -1.36. The van der Waals surface area contributed by atoms with Crippen LogP contribution in [0, 0.1) is 5.92 Å². The van der Waals surface area contributed by atoms with Crippen LogP contribution in [0.2, 0.25) is 0 Å². The van der Waals surface area contributed by atoms with E-state index in [0.717, 1.165) is 38.3 Å². The van der Waals surface area contributed by atoms with Crippen LogP contribution in [0.25, 0.3) is 0 Å². The molecule has 1 saturated heterocycles. The largest absolute Gasteiger partial charge is 0.433 e. The maximum Gasteiger partial charge on any atom is 0.387 e. The number of nitrogens with zero attached hydrogens (tertiary/aromatic N) is 1. The third kappa shape index (κ3) is 3.80. The van der Waals surface area contributed by atoms with Gasteiger partial charge in [0.05, 0.1) is 5.69 Å². The number of para-hydroxylation sites is 2. The number of nitrogens with one attached hydrogen (secondary N) is 1. The van der Waals surface area contributed by atoms with Gasteiger partial charge in [0.2, 0.25) is 0 Å². The van der Waals surface area contributed by atoms with E-state index in [1.165, 1.54) is 0 Å². The number of benzene rings is 1. The van der Waals surface area contributed by atoms with Gasteiger partial charge in [-0.25, -0.2) is 0 Å². The number of hydrogen-bond donors (Lipinski definition) is 1. The quantitative estimate of drug-likeness (QED) is 0.860. The van der Waals surface area contributed by atoms with E-state index >= 15 is 0 Å². The summed E-state index contributed by atoms with van der Waals surface area (Å²) in [5.41, 5.74) is 0.766. The molecule has 1 aliphatic heterocycles. The fourth-order valence-corrected chi connectivity index (χ4v) is 2.48. The van der Waals surface area contributed by atoms with Crippen molar-refractivity contribution >= 4 is 5.69 Å². The number of alkyl halides is 2. The van der Waals surface area contributed by atoms with Crippen molar-refractivity contribution in [1.82, 2.24) is 5.32 Å². The smallest absolute Gasteiger partial charge is 0.387 e. The summed E-state index contributed by atoms with van der Waals surface area (Å²) in [6, 6.07) is 7.01. The maximum atomic E-state index is 12.4. The van der Waals surface area contributed by atoms with Crippen LogP contribution in [0.1, 0.15) is 13.3 Å². The van der Waals surface area contributed by atoms with E-state index in [9.17, 15) is 8.78 Å². The van der Waals surface area contributed by atoms with Gasteiger partial charge < -0.3 is 15.0 Å². The first-order valence-corrected chi connectivity index (χ1v) is 6.70. The molecule has 1 aromatic rings. The summed E-state index contributed by atoms with van der Waals surface area (Å²) in [5.74, 6) is 0.834. The highest BCUT2D eigenvalue weighted by Gasteiger charge is 2.24. The second-order valence-corrected chi connectivity index (χ2v) is 4.75. The summed E-state index contributed by atoms with van der Waals surface area (Å²) >= 11 is 0. The van der Waals surface area contributed by atoms with Gasteiger partial charge in [0, 0.05) is 13.1 Å². The molecule has 5 heteroatoms. The predicted molar refractivity (Wildman–Crippen MR) is 71.9 cm³/mol. The number of anilines is 1. The summed E-state index contributed by atoms with van der Waals surface area (Å²) in [4.78, 5) is 2.12. The molecule has 1 N–H and O–H groups in total. The fourth-order valence-electron chi connectivity index (χ4n) is 2.48. The average molecular weight is 270 g/mol. The second-order valence-electron chi connectivity index (χ2n) is 4.75. The lowest BCUT2D eigenvalue weighted by atomic mass is 10.1. The van der Waals surface area contributed by atoms with Gasteiger partial charge in [0.15, 0.2) is 0 Å². The molecule has 0 aliphatic carbocycles. The molecule has 0 spiro atoms. The molecule has 3 nitrogen and oxygen atoms in total. The van der Waals surface area contributed by atoms with Gasteiger partial charge in [0.1, 0.15) is 5.75 Å². The lowest BCUT2D eigenvalue weighted by Crippen LogP contribution is -2.26. The van der Waals surface area contributed by atoms with E-state index in [0.29, 0.717) is 5.92 Å². The Bertz CT molecular complexity index is 401. The molecule has 1 fully saturated rings. The van der Waals surface area contributed by atoms with Gasteiger partial charge in [-0.05, 0) is 37.6 Å². The van der Waals surface area contributed by atoms with Crippen LogP contribution in [0.4, 0.5) is 14.5 Å². The first kappa shape index (κ1) is 14.1. The van der Waals surface area contributed by atoms with Crippen LogP contribution in [0.15, 0.2) is 24.3 Å². The molecular formula is C14H20F2N2O. The average Bonchev–Trinajstić information content (AvgIpc) is 2.85. The van der Waals surface area contributed by atoms with E-state index in [-0.39, 0.29) is 5.75 Å². The molecule has 1 aromatic carbocycles. The van der Waals surface area contributed by atoms with Crippen LogP contribution in [-0.2, 0) is 0 Å². The first-order chi connectivity index (χ1) is 9.20. The highest BCUT2D eigenvalue weighted by atomic mass is 19.3. The molecule has 2 rings (SSSR count). The van der Waals surface area contributed by atoms with E-state index in [1.54, 1.807) is 12.1 Å². The van der Waals surface area contributed by atoms with E-state index in [4.69, 9.17) is 0 Å². The SMILES string of the molecule is CCNCC1CCN(c2ccccc2OC(F)F)C1. The van der Waals surface area contributed by atoms with Crippen molar-refractivity contribution in [3.8, 4) is 5.75 Å². The van der Waals surface area contributed by atoms with Crippen LogP contribution < -0.4 is 15.0 Å². The van der Waals surface area contributed by atoms with Gasteiger partial charge >= 0.3 is 6.61 Å². The van der Waals surface area contributed by atoms with E-state index < -0.39 is 6.61 Å². The number of hydrogen-bond acceptors (Lipinski definition) is 3. The van der Waals surface area contributed by atoms with Crippen LogP contribution in [0.3, 0.4) is 0 Å². The summed E-state index contributed by atoms with van der Waals surface area (Å²) in [7, 11) is 0. The zero-order valence-electron chi connectivity index (χ0n) is 11.1. The molecule has 1 aliphatic rings. The molecule has 1 heterocycles. The minimum atomic E-state index is -2.78. The Balaban J connectivity index is 2.02. The molecule has 0 aromatic heterocycles. The molecule has 106 valence electrons. The Kier molecular flexibility index (Phi) is 4.96. The Morgan fingerprint density at radius 2 is 2.21 bits per heavy atom. The van der Waals surface area contributed by atoms with Crippen molar-refractivity contribution in [2.75, 3.05) is 31.1 Å². The number of ether oxygens (including phenoxy) is 1. The van der Waals surface area contributed by atoms with Crippen molar-refractivity contribution in [2.24, 2.45) is 5.92 Å². The van der Waals surface area contributed by atoms with Crippen LogP contribution in [0.5, 0.6) is 5.75 Å². The zero-order chi connectivity index (χ0) is 13.7. The highest BCUT2D eigenvalue weighted by Crippen LogP contribution is 2.32. The Labute approximate surface area is 112 Å². The monoisotopic (exact) mass is 270 g/mol. The van der Waals surface area contributed by atoms with Crippen LogP contribution >= 0.6 is 0 Å². The van der Waals surface area contributed by atoms with Crippen molar-refractivity contribution in [3.05, 3.63) is 24.3 Å². The molecule has 0 radical (unpaired) electrons. The summed E-state index contributed by atoms with van der Waals surface area (Å²) in [6.07, 6.45) is 1.08. The maximum absolute atomic E-state index is 12.4. The van der Waals surface area contributed by atoms with Gasteiger partial charge in [-0.1, -0.05) is 19.1 Å². The second kappa shape index (κ2) is 6.70. The Morgan fingerprint density at radius 3 is 2.95 bits per heavy atom. The molecule has 1 unspecified atom stereocenters. The third-order valence-corrected chi connectivity index (χ3v) is 3.39. The third-order valence-electron chi connectivity index (χ3n) is 3.39. The predicted octanol–water partition coefficient (Wildman–Crippen LogP) is 2.72. The van der Waals surface area contributed by atoms with Crippen molar-refractivity contribution in [2.45, 2.75) is 20.0 Å². The topological polar surface area (TPSA) is 24.5 Å². The van der Waals surface area contributed by atoms with Crippen LogP contribution in [-0.4, -0.2) is 32.8 Å². The molecule has 0 amide bonds.